The van der Waals surface area contributed by atoms with Crippen LogP contribution in [0.3, 0.4) is 0 Å². The molecule has 6 rings (SSSR count). The first-order chi connectivity index (χ1) is 19.0. The van der Waals surface area contributed by atoms with E-state index in [-0.39, 0.29) is 12.4 Å². The molecule has 1 aromatic carbocycles. The molecular weight excluding hydrogens is 529 g/mol. The summed E-state index contributed by atoms with van der Waals surface area (Å²) in [4.78, 5) is 19.1. The number of nitrogens with zero attached hydrogens (tertiary/aromatic N) is 6. The molecule has 0 aliphatic carbocycles. The van der Waals surface area contributed by atoms with Gasteiger partial charge in [0, 0.05) is 37.9 Å². The van der Waals surface area contributed by atoms with Gasteiger partial charge in [-0.05, 0) is 32.0 Å². The van der Waals surface area contributed by atoms with Gasteiger partial charge in [-0.1, -0.05) is 6.07 Å². The molecule has 0 radical (unpaired) electrons. The third-order valence-electron chi connectivity index (χ3n) is 6.71. The Labute approximate surface area is 227 Å². The molecule has 0 N–H and O–H groups in total. The van der Waals surface area contributed by atoms with Gasteiger partial charge in [-0.25, -0.2) is 15.0 Å². The Morgan fingerprint density at radius 2 is 1.93 bits per heavy atom. The fourth-order valence-corrected chi connectivity index (χ4v) is 5.07. The van der Waals surface area contributed by atoms with Gasteiger partial charge in [0.25, 0.3) is 0 Å². The fraction of sp³-hybridized carbons (Fsp3) is 0.407. The van der Waals surface area contributed by atoms with E-state index in [0.29, 0.717) is 27.8 Å². The van der Waals surface area contributed by atoms with Gasteiger partial charge in [0.05, 0.1) is 22.8 Å². The summed E-state index contributed by atoms with van der Waals surface area (Å²) >= 11 is 0. The van der Waals surface area contributed by atoms with Crippen LogP contribution in [0.4, 0.5) is 19.0 Å². The van der Waals surface area contributed by atoms with E-state index in [2.05, 4.69) is 19.9 Å². The standard InChI is InChI=1S/C27H27F3N6O4/c1-26(2)39-21-20(12-37-19-11-18-15(6-5-8-31-18)10-17(19)27(28,29)30)38-25(22(21)40-26)36-9-7-16-23(34-14-35(3)4)32-13-33-24(16)36/h5-11,13-14,20-22,25H,12H2,1-4H3/t20-,21-,22-,25-/m1/s1. The predicted molar refractivity (Wildman–Crippen MR) is 139 cm³/mol. The Kier molecular flexibility index (Phi) is 6.39. The second kappa shape index (κ2) is 9.68. The van der Waals surface area contributed by atoms with E-state index in [4.69, 9.17) is 18.9 Å². The maximum absolute atomic E-state index is 13.9. The highest BCUT2D eigenvalue weighted by atomic mass is 19.4. The SMILES string of the molecule is CN(C)C=Nc1ncnc2c1ccn2[C@@H]1O[C@H](COc2cc3ncccc3cc2C(F)(F)F)[C@H]2OC(C)(C)O[C@H]21. The summed E-state index contributed by atoms with van der Waals surface area (Å²) in [6.07, 6.45) is -0.832. The van der Waals surface area contributed by atoms with E-state index < -0.39 is 42.1 Å². The minimum absolute atomic E-state index is 0.203. The highest BCUT2D eigenvalue weighted by molar-refractivity contribution is 5.87. The topological polar surface area (TPSA) is 96.1 Å². The molecule has 40 heavy (non-hydrogen) atoms. The van der Waals surface area contributed by atoms with Crippen molar-refractivity contribution in [2.45, 2.75) is 50.4 Å². The van der Waals surface area contributed by atoms with Gasteiger partial charge in [-0.15, -0.1) is 0 Å². The van der Waals surface area contributed by atoms with Crippen molar-refractivity contribution < 1.29 is 32.1 Å². The average Bonchev–Trinajstić information content (AvgIpc) is 3.56. The van der Waals surface area contributed by atoms with Crippen molar-refractivity contribution in [1.82, 2.24) is 24.4 Å². The summed E-state index contributed by atoms with van der Waals surface area (Å²) in [5, 5.41) is 1.07. The third-order valence-corrected chi connectivity index (χ3v) is 6.71. The zero-order chi connectivity index (χ0) is 28.2. The molecule has 0 saturated carbocycles. The first kappa shape index (κ1) is 26.4. The Balaban J connectivity index is 1.31. The molecule has 0 spiro atoms. The number of hydrogen-bond acceptors (Lipinski definition) is 8. The maximum Gasteiger partial charge on any atom is 0.419 e. The quantitative estimate of drug-likeness (QED) is 0.249. The zero-order valence-electron chi connectivity index (χ0n) is 22.2. The number of benzene rings is 1. The number of fused-ring (bicyclic) bond motifs is 3. The van der Waals surface area contributed by atoms with Crippen LogP contribution in [0, 0.1) is 0 Å². The normalized spacial score (nSPS) is 24.3. The molecule has 2 fully saturated rings. The predicted octanol–water partition coefficient (Wildman–Crippen LogP) is 4.72. The van der Waals surface area contributed by atoms with Crippen LogP contribution in [0.15, 0.2) is 54.0 Å². The molecule has 2 aliphatic rings. The number of hydrogen-bond donors (Lipinski definition) is 0. The van der Waals surface area contributed by atoms with Crippen LogP contribution in [-0.2, 0) is 20.4 Å². The van der Waals surface area contributed by atoms with E-state index in [1.807, 2.05) is 20.2 Å². The molecule has 210 valence electrons. The van der Waals surface area contributed by atoms with Crippen LogP contribution >= 0.6 is 0 Å². The second-order valence-electron chi connectivity index (χ2n) is 10.3. The molecule has 3 aromatic heterocycles. The van der Waals surface area contributed by atoms with Crippen molar-refractivity contribution in [2.24, 2.45) is 4.99 Å². The number of rotatable bonds is 6. The lowest BCUT2D eigenvalue weighted by atomic mass is 10.1. The van der Waals surface area contributed by atoms with Gasteiger partial charge in [0.15, 0.2) is 17.8 Å². The molecule has 5 heterocycles. The number of halogens is 3. The first-order valence-electron chi connectivity index (χ1n) is 12.6. The lowest BCUT2D eigenvalue weighted by Gasteiger charge is -2.25. The Hall–Kier alpha value is -3.81. The largest absolute Gasteiger partial charge is 0.490 e. The molecule has 4 aromatic rings. The number of ether oxygens (including phenoxy) is 4. The summed E-state index contributed by atoms with van der Waals surface area (Å²) in [7, 11) is 3.71. The number of aliphatic imine (C=N–C) groups is 1. The Morgan fingerprint density at radius 3 is 2.70 bits per heavy atom. The van der Waals surface area contributed by atoms with Crippen LogP contribution in [-0.4, -0.2) is 75.6 Å². The van der Waals surface area contributed by atoms with Gasteiger partial charge >= 0.3 is 6.18 Å². The van der Waals surface area contributed by atoms with Gasteiger partial charge in [-0.3, -0.25) is 4.98 Å². The zero-order valence-corrected chi connectivity index (χ0v) is 22.2. The molecule has 4 atom stereocenters. The van der Waals surface area contributed by atoms with E-state index in [9.17, 15) is 13.2 Å². The van der Waals surface area contributed by atoms with Gasteiger partial charge in [0.1, 0.15) is 42.6 Å². The van der Waals surface area contributed by atoms with Crippen molar-refractivity contribution in [3.8, 4) is 5.75 Å². The molecule has 2 saturated heterocycles. The number of pyridine rings is 1. The smallest absolute Gasteiger partial charge is 0.419 e. The van der Waals surface area contributed by atoms with E-state index >= 15 is 0 Å². The van der Waals surface area contributed by atoms with E-state index in [0.717, 1.165) is 6.07 Å². The lowest BCUT2D eigenvalue weighted by Crippen LogP contribution is -2.34. The monoisotopic (exact) mass is 556 g/mol. The summed E-state index contributed by atoms with van der Waals surface area (Å²) < 4.78 is 68.0. The van der Waals surface area contributed by atoms with Gasteiger partial charge in [0.2, 0.25) is 0 Å². The number of alkyl halides is 3. The highest BCUT2D eigenvalue weighted by Crippen LogP contribution is 2.45. The Bertz CT molecular complexity index is 1590. The second-order valence-corrected chi connectivity index (χ2v) is 10.3. The summed E-state index contributed by atoms with van der Waals surface area (Å²) in [5.41, 5.74) is 0.0721. The van der Waals surface area contributed by atoms with Crippen LogP contribution in [0.25, 0.3) is 21.9 Å². The summed E-state index contributed by atoms with van der Waals surface area (Å²) in [5.74, 6) is -0.776. The van der Waals surface area contributed by atoms with Crippen LogP contribution in [0.2, 0.25) is 0 Å². The van der Waals surface area contributed by atoms with Crippen LogP contribution in [0.5, 0.6) is 5.75 Å². The van der Waals surface area contributed by atoms with E-state index in [1.165, 1.54) is 18.6 Å². The fourth-order valence-electron chi connectivity index (χ4n) is 5.07. The molecule has 0 bridgehead atoms. The molecule has 13 heteroatoms. The molecular formula is C27H27F3N6O4. The molecule has 0 unspecified atom stereocenters. The molecule has 10 nitrogen and oxygen atoms in total. The lowest BCUT2D eigenvalue weighted by molar-refractivity contribution is -0.199. The number of aromatic nitrogens is 4. The Morgan fingerprint density at radius 1 is 1.12 bits per heavy atom. The third kappa shape index (κ3) is 4.84. The van der Waals surface area contributed by atoms with Crippen molar-refractivity contribution in [3.05, 3.63) is 54.6 Å². The minimum atomic E-state index is -4.62. The van der Waals surface area contributed by atoms with Crippen LogP contribution in [0.1, 0.15) is 25.6 Å². The minimum Gasteiger partial charge on any atom is -0.490 e. The van der Waals surface area contributed by atoms with Crippen LogP contribution < -0.4 is 4.74 Å². The van der Waals surface area contributed by atoms with Crippen molar-refractivity contribution in [3.63, 3.8) is 0 Å². The molecule has 0 amide bonds. The summed E-state index contributed by atoms with van der Waals surface area (Å²) in [6, 6.07) is 7.33. The van der Waals surface area contributed by atoms with Crippen molar-refractivity contribution in [1.29, 1.82) is 0 Å². The van der Waals surface area contributed by atoms with E-state index in [1.54, 1.807) is 48.0 Å². The van der Waals surface area contributed by atoms with Crippen molar-refractivity contribution in [2.75, 3.05) is 20.7 Å². The molecule has 2 aliphatic heterocycles. The van der Waals surface area contributed by atoms with Crippen molar-refractivity contribution >= 4 is 34.1 Å². The first-order valence-corrected chi connectivity index (χ1v) is 12.6. The summed E-state index contributed by atoms with van der Waals surface area (Å²) in [6.45, 7) is 3.35. The maximum atomic E-state index is 13.9. The highest BCUT2D eigenvalue weighted by Gasteiger charge is 2.56. The van der Waals surface area contributed by atoms with Gasteiger partial charge < -0.3 is 28.4 Å². The average molecular weight is 557 g/mol. The van der Waals surface area contributed by atoms with Gasteiger partial charge in [-0.2, -0.15) is 13.2 Å².